The highest BCUT2D eigenvalue weighted by molar-refractivity contribution is 7.90. The standard InChI is InChI=1S/C10H9NO3S/c1-15(13,14)9-4-2-8(3-5-9)10-6-7-11(10)12/h2-7H,1H3. The van der Waals surface area contributed by atoms with E-state index in [0.717, 1.165) is 16.6 Å². The number of nitrogens with zero attached hydrogens (tertiary/aromatic N) is 1. The number of benzene rings is 1. The van der Waals surface area contributed by atoms with Gasteiger partial charge in [-0.25, -0.2) is 8.42 Å². The van der Waals surface area contributed by atoms with Crippen LogP contribution in [-0.2, 0) is 9.84 Å². The minimum absolute atomic E-state index is 0.257. The van der Waals surface area contributed by atoms with Crippen LogP contribution in [0.2, 0.25) is 0 Å². The van der Waals surface area contributed by atoms with Crippen LogP contribution in [0.1, 0.15) is 5.56 Å². The van der Waals surface area contributed by atoms with Crippen LogP contribution in [-0.4, -0.2) is 25.1 Å². The molecule has 2 rings (SSSR count). The topological polar surface area (TPSA) is 60.2 Å². The largest absolute Gasteiger partial charge is 0.618 e. The summed E-state index contributed by atoms with van der Waals surface area (Å²) in [5, 5.41) is 11.0. The average molecular weight is 223 g/mol. The van der Waals surface area contributed by atoms with Crippen molar-refractivity contribution in [2.75, 3.05) is 6.26 Å². The molecule has 5 heteroatoms. The molecule has 1 aliphatic heterocycles. The predicted octanol–water partition coefficient (Wildman–Crippen LogP) is 0.917. The Kier molecular flexibility index (Phi) is 2.12. The predicted molar refractivity (Wildman–Crippen MR) is 56.4 cm³/mol. The SMILES string of the molecule is CS(=O)(=O)c1ccc(C2=[N+]([O-])C=C2)cc1. The van der Waals surface area contributed by atoms with E-state index < -0.39 is 9.84 Å². The fraction of sp³-hybridized carbons (Fsp3) is 0.100. The van der Waals surface area contributed by atoms with Gasteiger partial charge in [-0.15, -0.1) is 0 Å². The summed E-state index contributed by atoms with van der Waals surface area (Å²) in [5.74, 6) is 0. The number of hydrogen-bond acceptors (Lipinski definition) is 3. The lowest BCUT2D eigenvalue weighted by molar-refractivity contribution is -0.388. The Balaban J connectivity index is 2.38. The van der Waals surface area contributed by atoms with Crippen LogP contribution in [0.4, 0.5) is 0 Å². The molecular weight excluding hydrogens is 214 g/mol. The van der Waals surface area contributed by atoms with E-state index in [2.05, 4.69) is 0 Å². The maximum absolute atomic E-state index is 11.2. The van der Waals surface area contributed by atoms with Crippen LogP contribution in [0.3, 0.4) is 0 Å². The van der Waals surface area contributed by atoms with Crippen molar-refractivity contribution >= 4 is 15.5 Å². The summed E-state index contributed by atoms with van der Waals surface area (Å²) in [6.45, 7) is 0. The Morgan fingerprint density at radius 3 is 2.13 bits per heavy atom. The molecule has 0 saturated carbocycles. The van der Waals surface area contributed by atoms with Crippen molar-refractivity contribution in [1.82, 2.24) is 0 Å². The Hall–Kier alpha value is -1.62. The second-order valence-corrected chi connectivity index (χ2v) is 5.34. The molecule has 1 aromatic carbocycles. The van der Waals surface area contributed by atoms with Crippen molar-refractivity contribution in [3.05, 3.63) is 47.3 Å². The number of rotatable bonds is 2. The second kappa shape index (κ2) is 3.20. The Bertz CT molecular complexity index is 553. The molecule has 0 saturated heterocycles. The van der Waals surface area contributed by atoms with E-state index in [0.29, 0.717) is 5.71 Å². The van der Waals surface area contributed by atoms with Crippen molar-refractivity contribution < 1.29 is 13.2 Å². The average Bonchev–Trinajstić information content (AvgIpc) is 2.15. The van der Waals surface area contributed by atoms with Crippen molar-refractivity contribution in [2.45, 2.75) is 4.90 Å². The molecule has 15 heavy (non-hydrogen) atoms. The van der Waals surface area contributed by atoms with E-state index in [1.165, 1.54) is 18.3 Å². The van der Waals surface area contributed by atoms with E-state index >= 15 is 0 Å². The Labute approximate surface area is 87.7 Å². The van der Waals surface area contributed by atoms with E-state index in [-0.39, 0.29) is 4.90 Å². The van der Waals surface area contributed by atoms with Crippen LogP contribution >= 0.6 is 0 Å². The highest BCUT2D eigenvalue weighted by Crippen LogP contribution is 2.13. The molecule has 0 radical (unpaired) electrons. The summed E-state index contributed by atoms with van der Waals surface area (Å²) in [6, 6.07) is 6.25. The van der Waals surface area contributed by atoms with Gasteiger partial charge in [-0.2, -0.15) is 4.74 Å². The van der Waals surface area contributed by atoms with E-state index in [1.807, 2.05) is 0 Å². The lowest BCUT2D eigenvalue weighted by atomic mass is 10.1. The van der Waals surface area contributed by atoms with E-state index in [9.17, 15) is 13.6 Å². The van der Waals surface area contributed by atoms with Crippen LogP contribution in [0.15, 0.2) is 41.4 Å². The molecule has 0 fully saturated rings. The molecular formula is C10H9NO3S. The summed E-state index contributed by atoms with van der Waals surface area (Å²) in [5.41, 5.74) is 1.27. The van der Waals surface area contributed by atoms with Gasteiger partial charge in [0.05, 0.1) is 11.0 Å². The third kappa shape index (κ3) is 1.78. The van der Waals surface area contributed by atoms with Gasteiger partial charge >= 0.3 is 0 Å². The summed E-state index contributed by atoms with van der Waals surface area (Å²) >= 11 is 0. The zero-order valence-corrected chi connectivity index (χ0v) is 8.86. The van der Waals surface area contributed by atoms with Gasteiger partial charge in [0.15, 0.2) is 16.0 Å². The van der Waals surface area contributed by atoms with Gasteiger partial charge in [0, 0.05) is 11.8 Å². The van der Waals surface area contributed by atoms with Gasteiger partial charge in [0.2, 0.25) is 5.71 Å². The summed E-state index contributed by atoms with van der Waals surface area (Å²) < 4.78 is 23.1. The maximum atomic E-state index is 11.2. The van der Waals surface area contributed by atoms with Crippen molar-refractivity contribution in [2.24, 2.45) is 0 Å². The van der Waals surface area contributed by atoms with Gasteiger partial charge in [-0.3, -0.25) is 0 Å². The molecule has 0 spiro atoms. The fourth-order valence-corrected chi connectivity index (χ4v) is 1.94. The molecule has 1 aromatic rings. The molecule has 0 amide bonds. The first-order chi connectivity index (χ1) is 6.98. The number of hydrogen-bond donors (Lipinski definition) is 0. The van der Waals surface area contributed by atoms with E-state index in [1.54, 1.807) is 18.2 Å². The van der Waals surface area contributed by atoms with Gasteiger partial charge in [-0.05, 0) is 24.3 Å². The van der Waals surface area contributed by atoms with Crippen LogP contribution in [0, 0.1) is 5.21 Å². The minimum Gasteiger partial charge on any atom is -0.618 e. The lowest BCUT2D eigenvalue weighted by Gasteiger charge is -2.09. The summed E-state index contributed by atoms with van der Waals surface area (Å²) in [7, 11) is -3.17. The highest BCUT2D eigenvalue weighted by Gasteiger charge is 2.16. The minimum atomic E-state index is -3.17. The molecule has 0 N–H and O–H groups in total. The molecule has 78 valence electrons. The summed E-state index contributed by atoms with van der Waals surface area (Å²) in [4.78, 5) is 0.257. The molecule has 0 aromatic heterocycles. The van der Waals surface area contributed by atoms with Gasteiger partial charge in [0.25, 0.3) is 0 Å². The van der Waals surface area contributed by atoms with Crippen molar-refractivity contribution in [3.8, 4) is 0 Å². The van der Waals surface area contributed by atoms with Crippen molar-refractivity contribution in [3.63, 3.8) is 0 Å². The van der Waals surface area contributed by atoms with Crippen LogP contribution in [0.5, 0.6) is 0 Å². The number of sulfone groups is 1. The zero-order valence-electron chi connectivity index (χ0n) is 8.04. The molecule has 0 unspecified atom stereocenters. The normalized spacial score (nSPS) is 15.3. The first-order valence-corrected chi connectivity index (χ1v) is 6.19. The smallest absolute Gasteiger partial charge is 0.229 e. The first kappa shape index (κ1) is 9.92. The highest BCUT2D eigenvalue weighted by atomic mass is 32.2. The number of allylic oxidation sites excluding steroid dienone is 1. The Morgan fingerprint density at radius 2 is 1.80 bits per heavy atom. The van der Waals surface area contributed by atoms with E-state index in [4.69, 9.17) is 0 Å². The third-order valence-corrected chi connectivity index (χ3v) is 3.31. The monoisotopic (exact) mass is 223 g/mol. The number of hydroxylamine groups is 1. The van der Waals surface area contributed by atoms with Crippen molar-refractivity contribution in [1.29, 1.82) is 0 Å². The van der Waals surface area contributed by atoms with Gasteiger partial charge < -0.3 is 5.21 Å². The van der Waals surface area contributed by atoms with Gasteiger partial charge in [0.1, 0.15) is 0 Å². The summed E-state index contributed by atoms with van der Waals surface area (Å²) in [6.07, 6.45) is 4.24. The molecule has 0 aliphatic carbocycles. The first-order valence-electron chi connectivity index (χ1n) is 4.30. The van der Waals surface area contributed by atoms with Gasteiger partial charge in [-0.1, -0.05) is 0 Å². The molecule has 1 heterocycles. The molecule has 0 bridgehead atoms. The third-order valence-electron chi connectivity index (χ3n) is 2.18. The molecule has 4 nitrogen and oxygen atoms in total. The lowest BCUT2D eigenvalue weighted by Crippen LogP contribution is -2.17. The fourth-order valence-electron chi connectivity index (χ4n) is 1.31. The zero-order chi connectivity index (χ0) is 11.1. The van der Waals surface area contributed by atoms with Crippen LogP contribution < -0.4 is 0 Å². The second-order valence-electron chi connectivity index (χ2n) is 3.32. The maximum Gasteiger partial charge on any atom is 0.229 e. The molecule has 0 atom stereocenters. The van der Waals surface area contributed by atoms with Crippen LogP contribution in [0.25, 0.3) is 0 Å². The quantitative estimate of drug-likeness (QED) is 0.553. The molecule has 1 aliphatic rings. The Morgan fingerprint density at radius 1 is 1.20 bits per heavy atom.